The third-order valence-electron chi connectivity index (χ3n) is 5.81. The van der Waals surface area contributed by atoms with Crippen LogP contribution in [-0.4, -0.2) is 34.8 Å². The Balaban J connectivity index is 1.74. The summed E-state index contributed by atoms with van der Waals surface area (Å²) in [5, 5.41) is 5.77. The summed E-state index contributed by atoms with van der Waals surface area (Å²) in [6, 6.07) is 5.39. The molecule has 6 nitrogen and oxygen atoms in total. The fourth-order valence-electron chi connectivity index (χ4n) is 4.16. The standard InChI is InChI=1S/C20H27N3O3/c1-4-15-10-7-8-13(2)17(15)21-16(24)12-23-18(25)20(22-19(23)26)11-6-5-9-14(20)3/h7-8,10,14H,4-6,9,11-12H2,1-3H3,(H,21,24)(H,22,26). The Hall–Kier alpha value is -2.37. The fraction of sp³-hybridized carbons (Fsp3) is 0.550. The second-order valence-electron chi connectivity index (χ2n) is 7.45. The highest BCUT2D eigenvalue weighted by Gasteiger charge is 2.55. The van der Waals surface area contributed by atoms with E-state index in [-0.39, 0.29) is 24.3 Å². The van der Waals surface area contributed by atoms with E-state index in [2.05, 4.69) is 10.6 Å². The number of hydrogen-bond donors (Lipinski definition) is 2. The van der Waals surface area contributed by atoms with E-state index in [9.17, 15) is 14.4 Å². The Morgan fingerprint density at radius 3 is 2.81 bits per heavy atom. The molecule has 2 atom stereocenters. The number of nitrogens with zero attached hydrogens (tertiary/aromatic N) is 1. The molecule has 1 spiro atoms. The van der Waals surface area contributed by atoms with Crippen LogP contribution in [0.4, 0.5) is 10.5 Å². The number of anilines is 1. The van der Waals surface area contributed by atoms with E-state index >= 15 is 0 Å². The van der Waals surface area contributed by atoms with Crippen molar-refractivity contribution in [3.05, 3.63) is 29.3 Å². The minimum absolute atomic E-state index is 0.0869. The maximum absolute atomic E-state index is 12.9. The van der Waals surface area contributed by atoms with Gasteiger partial charge in [-0.05, 0) is 43.2 Å². The predicted octanol–water partition coefficient (Wildman–Crippen LogP) is 3.00. The van der Waals surface area contributed by atoms with Crippen LogP contribution < -0.4 is 10.6 Å². The molecule has 1 heterocycles. The molecule has 2 fully saturated rings. The van der Waals surface area contributed by atoms with E-state index in [0.29, 0.717) is 6.42 Å². The molecule has 1 saturated heterocycles. The summed E-state index contributed by atoms with van der Waals surface area (Å²) >= 11 is 0. The minimum Gasteiger partial charge on any atom is -0.324 e. The molecular formula is C20H27N3O3. The monoisotopic (exact) mass is 357 g/mol. The zero-order valence-electron chi connectivity index (χ0n) is 15.7. The van der Waals surface area contributed by atoms with E-state index in [1.165, 1.54) is 0 Å². The molecule has 1 aromatic carbocycles. The lowest BCUT2D eigenvalue weighted by Gasteiger charge is -2.36. The van der Waals surface area contributed by atoms with E-state index in [0.717, 1.165) is 47.4 Å². The highest BCUT2D eigenvalue weighted by molar-refractivity contribution is 6.10. The number of rotatable bonds is 4. The fourth-order valence-corrected chi connectivity index (χ4v) is 4.16. The SMILES string of the molecule is CCc1cccc(C)c1NC(=O)CN1C(=O)NC2(CCCCC2C)C1=O. The summed E-state index contributed by atoms with van der Waals surface area (Å²) in [7, 11) is 0. The molecule has 2 N–H and O–H groups in total. The van der Waals surface area contributed by atoms with Crippen LogP contribution in [0, 0.1) is 12.8 Å². The van der Waals surface area contributed by atoms with Crippen molar-refractivity contribution in [2.75, 3.05) is 11.9 Å². The average Bonchev–Trinajstić information content (AvgIpc) is 2.84. The number of imide groups is 1. The highest BCUT2D eigenvalue weighted by atomic mass is 16.2. The van der Waals surface area contributed by atoms with Crippen LogP contribution in [0.15, 0.2) is 18.2 Å². The minimum atomic E-state index is -0.827. The van der Waals surface area contributed by atoms with Crippen molar-refractivity contribution in [2.45, 2.75) is 58.4 Å². The van der Waals surface area contributed by atoms with Crippen molar-refractivity contribution in [3.8, 4) is 0 Å². The van der Waals surface area contributed by atoms with Gasteiger partial charge in [-0.3, -0.25) is 14.5 Å². The molecule has 0 bridgehead atoms. The van der Waals surface area contributed by atoms with Crippen molar-refractivity contribution >= 4 is 23.5 Å². The number of aryl methyl sites for hydroxylation is 2. The van der Waals surface area contributed by atoms with Gasteiger partial charge in [-0.2, -0.15) is 0 Å². The van der Waals surface area contributed by atoms with Gasteiger partial charge in [0.05, 0.1) is 0 Å². The van der Waals surface area contributed by atoms with Gasteiger partial charge in [0.1, 0.15) is 12.1 Å². The van der Waals surface area contributed by atoms with E-state index in [1.54, 1.807) is 0 Å². The average molecular weight is 357 g/mol. The van der Waals surface area contributed by atoms with Gasteiger partial charge < -0.3 is 10.6 Å². The van der Waals surface area contributed by atoms with Crippen molar-refractivity contribution < 1.29 is 14.4 Å². The number of para-hydroxylation sites is 1. The number of carbonyl (C=O) groups excluding carboxylic acids is 3. The van der Waals surface area contributed by atoms with Crippen LogP contribution in [0.1, 0.15) is 50.7 Å². The molecule has 1 aromatic rings. The molecule has 2 aliphatic rings. The van der Waals surface area contributed by atoms with Gasteiger partial charge in [-0.15, -0.1) is 0 Å². The van der Waals surface area contributed by atoms with E-state index < -0.39 is 11.6 Å². The van der Waals surface area contributed by atoms with Gasteiger partial charge in [0, 0.05) is 5.69 Å². The van der Waals surface area contributed by atoms with Crippen molar-refractivity contribution in [1.82, 2.24) is 10.2 Å². The summed E-state index contributed by atoms with van der Waals surface area (Å²) in [5.41, 5.74) is 1.94. The molecule has 1 aliphatic carbocycles. The van der Waals surface area contributed by atoms with E-state index in [4.69, 9.17) is 0 Å². The molecule has 2 unspecified atom stereocenters. The lowest BCUT2D eigenvalue weighted by Crippen LogP contribution is -2.54. The Labute approximate surface area is 154 Å². The maximum atomic E-state index is 12.9. The topological polar surface area (TPSA) is 78.5 Å². The zero-order valence-corrected chi connectivity index (χ0v) is 15.7. The molecule has 1 saturated carbocycles. The Morgan fingerprint density at radius 1 is 1.35 bits per heavy atom. The quantitative estimate of drug-likeness (QED) is 0.813. The molecule has 140 valence electrons. The van der Waals surface area contributed by atoms with Crippen LogP contribution >= 0.6 is 0 Å². The van der Waals surface area contributed by atoms with Crippen molar-refractivity contribution in [2.24, 2.45) is 5.92 Å². The third-order valence-corrected chi connectivity index (χ3v) is 5.81. The van der Waals surface area contributed by atoms with Crippen molar-refractivity contribution in [1.29, 1.82) is 0 Å². The lowest BCUT2D eigenvalue weighted by molar-refractivity contribution is -0.136. The summed E-state index contributed by atoms with van der Waals surface area (Å²) in [4.78, 5) is 39.0. The number of amides is 4. The Kier molecular flexibility index (Phi) is 5.03. The summed E-state index contributed by atoms with van der Waals surface area (Å²) in [5.74, 6) is -0.521. The van der Waals surface area contributed by atoms with Gasteiger partial charge in [0.15, 0.2) is 0 Å². The molecular weight excluding hydrogens is 330 g/mol. The lowest BCUT2D eigenvalue weighted by atomic mass is 9.73. The zero-order chi connectivity index (χ0) is 18.9. The molecule has 6 heteroatoms. The first-order chi connectivity index (χ1) is 12.4. The number of benzene rings is 1. The van der Waals surface area contributed by atoms with E-state index in [1.807, 2.05) is 39.0 Å². The molecule has 0 aromatic heterocycles. The largest absolute Gasteiger partial charge is 0.325 e. The molecule has 1 aliphatic heterocycles. The second-order valence-corrected chi connectivity index (χ2v) is 7.45. The second kappa shape index (κ2) is 7.09. The number of urea groups is 1. The van der Waals surface area contributed by atoms with Gasteiger partial charge in [0.2, 0.25) is 5.91 Å². The van der Waals surface area contributed by atoms with Crippen molar-refractivity contribution in [3.63, 3.8) is 0 Å². The van der Waals surface area contributed by atoms with Gasteiger partial charge in [-0.1, -0.05) is 44.9 Å². The predicted molar refractivity (Wildman–Crippen MR) is 99.8 cm³/mol. The molecule has 4 amide bonds. The van der Waals surface area contributed by atoms with Gasteiger partial charge in [0.25, 0.3) is 5.91 Å². The van der Waals surface area contributed by atoms with Gasteiger partial charge in [-0.25, -0.2) is 4.79 Å². The summed E-state index contributed by atoms with van der Waals surface area (Å²) in [6.45, 7) is 5.70. The van der Waals surface area contributed by atoms with Crippen LogP contribution in [0.25, 0.3) is 0 Å². The third kappa shape index (κ3) is 3.08. The summed E-state index contributed by atoms with van der Waals surface area (Å²) < 4.78 is 0. The first-order valence-corrected chi connectivity index (χ1v) is 9.41. The maximum Gasteiger partial charge on any atom is 0.325 e. The number of nitrogens with one attached hydrogen (secondary N) is 2. The Bertz CT molecular complexity index is 746. The number of hydrogen-bond acceptors (Lipinski definition) is 3. The van der Waals surface area contributed by atoms with Crippen LogP contribution in [0.3, 0.4) is 0 Å². The summed E-state index contributed by atoms with van der Waals surface area (Å²) in [6.07, 6.45) is 4.34. The number of carbonyl (C=O) groups is 3. The van der Waals surface area contributed by atoms with Crippen LogP contribution in [0.5, 0.6) is 0 Å². The van der Waals surface area contributed by atoms with Crippen LogP contribution in [0.2, 0.25) is 0 Å². The normalized spacial score (nSPS) is 25.5. The first-order valence-electron chi connectivity index (χ1n) is 9.41. The molecule has 26 heavy (non-hydrogen) atoms. The first kappa shape index (κ1) is 18.4. The molecule has 3 rings (SSSR count). The Morgan fingerprint density at radius 2 is 2.12 bits per heavy atom. The smallest absolute Gasteiger partial charge is 0.324 e. The van der Waals surface area contributed by atoms with Gasteiger partial charge >= 0.3 is 6.03 Å². The van der Waals surface area contributed by atoms with Crippen LogP contribution in [-0.2, 0) is 16.0 Å². The highest BCUT2D eigenvalue weighted by Crippen LogP contribution is 2.38. The molecule has 0 radical (unpaired) electrons.